The quantitative estimate of drug-likeness (QED) is 0.679. The zero-order valence-electron chi connectivity index (χ0n) is 7.66. The Balaban J connectivity index is 2.17. The van der Waals surface area contributed by atoms with Crippen molar-refractivity contribution < 1.29 is 4.79 Å². The van der Waals surface area contributed by atoms with Gasteiger partial charge in [-0.2, -0.15) is 5.10 Å². The molecule has 1 aliphatic heterocycles. The molecule has 0 amide bonds. The standard InChI is InChI=1S/C9H13N3O/c1-12-9(3-5-11-12)8-6-7(13)2-4-10-8/h3,5,8,10H,2,4,6H2,1H3. The molecule has 0 aliphatic carbocycles. The first-order valence-electron chi connectivity index (χ1n) is 4.50. The smallest absolute Gasteiger partial charge is 0.136 e. The van der Waals surface area contributed by atoms with Crippen molar-refractivity contribution in [2.75, 3.05) is 6.54 Å². The van der Waals surface area contributed by atoms with Crippen LogP contribution < -0.4 is 5.32 Å². The number of aryl methyl sites for hydroxylation is 1. The van der Waals surface area contributed by atoms with Gasteiger partial charge in [-0.05, 0) is 6.07 Å². The Labute approximate surface area is 76.9 Å². The van der Waals surface area contributed by atoms with Crippen LogP contribution in [0, 0.1) is 0 Å². The highest BCUT2D eigenvalue weighted by molar-refractivity contribution is 5.80. The van der Waals surface area contributed by atoms with Gasteiger partial charge >= 0.3 is 0 Å². The fourth-order valence-corrected chi connectivity index (χ4v) is 1.72. The van der Waals surface area contributed by atoms with Crippen LogP contribution in [0.2, 0.25) is 0 Å². The van der Waals surface area contributed by atoms with Gasteiger partial charge in [-0.25, -0.2) is 0 Å². The summed E-state index contributed by atoms with van der Waals surface area (Å²) in [5, 5.41) is 7.39. The topological polar surface area (TPSA) is 46.9 Å². The number of aromatic nitrogens is 2. The lowest BCUT2D eigenvalue weighted by Gasteiger charge is -2.22. The van der Waals surface area contributed by atoms with Crippen molar-refractivity contribution in [3.05, 3.63) is 18.0 Å². The molecule has 1 N–H and O–H groups in total. The van der Waals surface area contributed by atoms with E-state index >= 15 is 0 Å². The maximum atomic E-state index is 11.2. The van der Waals surface area contributed by atoms with Crippen LogP contribution in [0.1, 0.15) is 24.6 Å². The molecular formula is C9H13N3O. The second kappa shape index (κ2) is 3.30. The summed E-state index contributed by atoms with van der Waals surface area (Å²) in [6, 6.07) is 2.12. The summed E-state index contributed by atoms with van der Waals surface area (Å²) >= 11 is 0. The van der Waals surface area contributed by atoms with Crippen LogP contribution in [-0.4, -0.2) is 22.1 Å². The summed E-state index contributed by atoms with van der Waals surface area (Å²) in [4.78, 5) is 11.2. The maximum absolute atomic E-state index is 11.2. The lowest BCUT2D eigenvalue weighted by molar-refractivity contribution is -0.120. The Morgan fingerprint density at radius 1 is 1.69 bits per heavy atom. The first kappa shape index (κ1) is 8.44. The first-order chi connectivity index (χ1) is 6.27. The highest BCUT2D eigenvalue weighted by Gasteiger charge is 2.21. The summed E-state index contributed by atoms with van der Waals surface area (Å²) in [6.07, 6.45) is 3.02. The predicted octanol–water partition coefficient (Wildman–Crippen LogP) is 0.414. The van der Waals surface area contributed by atoms with Gasteiger partial charge < -0.3 is 5.32 Å². The summed E-state index contributed by atoms with van der Waals surface area (Å²) in [5.41, 5.74) is 1.09. The van der Waals surface area contributed by atoms with Gasteiger partial charge in [0, 0.05) is 32.6 Å². The van der Waals surface area contributed by atoms with Crippen molar-refractivity contribution in [1.82, 2.24) is 15.1 Å². The van der Waals surface area contributed by atoms with Crippen molar-refractivity contribution in [2.24, 2.45) is 7.05 Å². The Hall–Kier alpha value is -1.16. The van der Waals surface area contributed by atoms with Crippen LogP contribution in [0.3, 0.4) is 0 Å². The Morgan fingerprint density at radius 2 is 2.54 bits per heavy atom. The van der Waals surface area contributed by atoms with Crippen molar-refractivity contribution in [1.29, 1.82) is 0 Å². The minimum Gasteiger partial charge on any atom is -0.308 e. The molecule has 4 heteroatoms. The van der Waals surface area contributed by atoms with Gasteiger partial charge in [-0.1, -0.05) is 0 Å². The zero-order valence-corrected chi connectivity index (χ0v) is 7.66. The number of hydrogen-bond donors (Lipinski definition) is 1. The number of hydrogen-bond acceptors (Lipinski definition) is 3. The number of Topliss-reactive ketones (excluding diaryl/α,β-unsaturated/α-hetero) is 1. The van der Waals surface area contributed by atoms with E-state index in [1.165, 1.54) is 0 Å². The molecule has 13 heavy (non-hydrogen) atoms. The van der Waals surface area contributed by atoms with E-state index in [0.717, 1.165) is 12.2 Å². The maximum Gasteiger partial charge on any atom is 0.136 e. The molecule has 1 atom stereocenters. The lowest BCUT2D eigenvalue weighted by atomic mass is 10.0. The fraction of sp³-hybridized carbons (Fsp3) is 0.556. The van der Waals surface area contributed by atoms with E-state index in [2.05, 4.69) is 10.4 Å². The third-order valence-corrected chi connectivity index (χ3v) is 2.44. The van der Waals surface area contributed by atoms with Crippen LogP contribution in [0.4, 0.5) is 0 Å². The molecule has 0 spiro atoms. The average Bonchev–Trinajstić information content (AvgIpc) is 2.51. The number of carbonyl (C=O) groups is 1. The van der Waals surface area contributed by atoms with Crippen LogP contribution in [-0.2, 0) is 11.8 Å². The van der Waals surface area contributed by atoms with E-state index in [9.17, 15) is 4.79 Å². The van der Waals surface area contributed by atoms with Gasteiger partial charge in [-0.3, -0.25) is 9.48 Å². The van der Waals surface area contributed by atoms with Gasteiger partial charge in [0.15, 0.2) is 0 Å². The second-order valence-corrected chi connectivity index (χ2v) is 3.38. The van der Waals surface area contributed by atoms with Crippen molar-refractivity contribution in [2.45, 2.75) is 18.9 Å². The molecule has 0 radical (unpaired) electrons. The highest BCUT2D eigenvalue weighted by Crippen LogP contribution is 2.19. The number of piperidine rings is 1. The third kappa shape index (κ3) is 1.62. The first-order valence-corrected chi connectivity index (χ1v) is 4.50. The number of nitrogens with one attached hydrogen (secondary N) is 1. The molecule has 1 unspecified atom stereocenters. The summed E-state index contributed by atoms with van der Waals surface area (Å²) in [7, 11) is 1.90. The second-order valence-electron chi connectivity index (χ2n) is 3.38. The lowest BCUT2D eigenvalue weighted by Crippen LogP contribution is -2.33. The highest BCUT2D eigenvalue weighted by atomic mass is 16.1. The minimum absolute atomic E-state index is 0.161. The van der Waals surface area contributed by atoms with Gasteiger partial charge in [0.2, 0.25) is 0 Å². The number of ketones is 1. The van der Waals surface area contributed by atoms with E-state index in [1.54, 1.807) is 6.20 Å². The monoisotopic (exact) mass is 179 g/mol. The molecule has 2 heterocycles. The average molecular weight is 179 g/mol. The van der Waals surface area contributed by atoms with E-state index in [4.69, 9.17) is 0 Å². The Morgan fingerprint density at radius 3 is 3.15 bits per heavy atom. The molecule has 1 aromatic rings. The minimum atomic E-state index is 0.161. The molecular weight excluding hydrogens is 166 g/mol. The van der Waals surface area contributed by atoms with Crippen LogP contribution in [0.15, 0.2) is 12.3 Å². The number of carbonyl (C=O) groups excluding carboxylic acids is 1. The van der Waals surface area contributed by atoms with Gasteiger partial charge in [-0.15, -0.1) is 0 Å². The predicted molar refractivity (Wildman–Crippen MR) is 48.2 cm³/mol. The van der Waals surface area contributed by atoms with Crippen LogP contribution in [0.25, 0.3) is 0 Å². The van der Waals surface area contributed by atoms with Gasteiger partial charge in [0.25, 0.3) is 0 Å². The van der Waals surface area contributed by atoms with Crippen molar-refractivity contribution in [3.8, 4) is 0 Å². The molecule has 1 aliphatic rings. The van der Waals surface area contributed by atoms with E-state index < -0.39 is 0 Å². The molecule has 1 aromatic heterocycles. The van der Waals surface area contributed by atoms with E-state index in [1.807, 2.05) is 17.8 Å². The SMILES string of the molecule is Cn1nccc1C1CC(=O)CCN1. The fourth-order valence-electron chi connectivity index (χ4n) is 1.72. The van der Waals surface area contributed by atoms with Crippen LogP contribution >= 0.6 is 0 Å². The Bertz CT molecular complexity index is 318. The van der Waals surface area contributed by atoms with Crippen molar-refractivity contribution in [3.63, 3.8) is 0 Å². The third-order valence-electron chi connectivity index (χ3n) is 2.44. The largest absolute Gasteiger partial charge is 0.308 e. The van der Waals surface area contributed by atoms with E-state index in [0.29, 0.717) is 18.6 Å². The molecule has 0 saturated carbocycles. The number of rotatable bonds is 1. The molecule has 0 aromatic carbocycles. The zero-order chi connectivity index (χ0) is 9.26. The summed E-state index contributed by atoms with van der Waals surface area (Å²) in [6.45, 7) is 0.786. The van der Waals surface area contributed by atoms with Crippen LogP contribution in [0.5, 0.6) is 0 Å². The molecule has 1 fully saturated rings. The van der Waals surface area contributed by atoms with E-state index in [-0.39, 0.29) is 6.04 Å². The molecule has 70 valence electrons. The molecule has 0 bridgehead atoms. The summed E-state index contributed by atoms with van der Waals surface area (Å²) < 4.78 is 1.82. The molecule has 2 rings (SSSR count). The Kier molecular flexibility index (Phi) is 2.14. The van der Waals surface area contributed by atoms with Gasteiger partial charge in [0.1, 0.15) is 5.78 Å². The molecule has 4 nitrogen and oxygen atoms in total. The van der Waals surface area contributed by atoms with Crippen molar-refractivity contribution >= 4 is 5.78 Å². The summed E-state index contributed by atoms with van der Waals surface area (Å²) in [5.74, 6) is 0.338. The van der Waals surface area contributed by atoms with Gasteiger partial charge in [0.05, 0.1) is 11.7 Å². The molecule has 1 saturated heterocycles. The number of nitrogens with zero attached hydrogens (tertiary/aromatic N) is 2. The normalized spacial score (nSPS) is 23.5.